The molecule has 6 heteroatoms. The molecule has 134 valence electrons. The molecule has 1 N–H and O–H groups in total. The van der Waals surface area contributed by atoms with Gasteiger partial charge in [-0.05, 0) is 40.6 Å². The fourth-order valence-electron chi connectivity index (χ4n) is 2.54. The van der Waals surface area contributed by atoms with E-state index in [1.165, 1.54) is 24.3 Å². The van der Waals surface area contributed by atoms with Crippen LogP contribution in [0.1, 0.15) is 5.56 Å². The maximum atomic E-state index is 12.2. The number of hydrogen-bond acceptors (Lipinski definition) is 2. The Kier molecular flexibility index (Phi) is 5.11. The van der Waals surface area contributed by atoms with Crippen LogP contribution >= 0.6 is 0 Å². The van der Waals surface area contributed by atoms with E-state index < -0.39 is 12.8 Å². The molecule has 1 amide bonds. The summed E-state index contributed by atoms with van der Waals surface area (Å²) in [6.45, 7) is -1.35. The summed E-state index contributed by atoms with van der Waals surface area (Å²) in [4.78, 5) is 12.2. The number of amides is 1. The molecule has 3 nitrogen and oxygen atoms in total. The number of alkyl halides is 3. The minimum atomic E-state index is -4.38. The summed E-state index contributed by atoms with van der Waals surface area (Å²) in [6, 6.07) is 19.5. The van der Waals surface area contributed by atoms with Gasteiger partial charge in [0.05, 0.1) is 6.42 Å². The third-order valence-electron chi connectivity index (χ3n) is 3.72. The Balaban J connectivity index is 1.58. The summed E-state index contributed by atoms with van der Waals surface area (Å²) in [5.74, 6) is -0.112. The van der Waals surface area contributed by atoms with E-state index in [-0.39, 0.29) is 18.1 Å². The van der Waals surface area contributed by atoms with Crippen molar-refractivity contribution in [3.8, 4) is 5.75 Å². The van der Waals surface area contributed by atoms with Gasteiger partial charge in [0.1, 0.15) is 5.75 Å². The van der Waals surface area contributed by atoms with Gasteiger partial charge in [-0.2, -0.15) is 13.2 Å². The van der Waals surface area contributed by atoms with Crippen LogP contribution in [-0.2, 0) is 11.2 Å². The number of nitrogens with one attached hydrogen (secondary N) is 1. The molecule has 0 atom stereocenters. The van der Waals surface area contributed by atoms with Gasteiger partial charge >= 0.3 is 6.18 Å². The van der Waals surface area contributed by atoms with Crippen molar-refractivity contribution in [3.05, 3.63) is 72.3 Å². The zero-order valence-corrected chi connectivity index (χ0v) is 13.7. The predicted octanol–water partition coefficient (Wildman–Crippen LogP) is 4.96. The maximum Gasteiger partial charge on any atom is 0.422 e. The maximum absolute atomic E-state index is 12.2. The summed E-state index contributed by atoms with van der Waals surface area (Å²) < 4.78 is 41.0. The van der Waals surface area contributed by atoms with Crippen LogP contribution in [0.2, 0.25) is 0 Å². The molecular weight excluding hydrogens is 343 g/mol. The fraction of sp³-hybridized carbons (Fsp3) is 0.150. The number of carbonyl (C=O) groups excluding carboxylic acids is 1. The SMILES string of the molecule is O=C(Cc1ccc2ccccc2c1)Nc1ccc(OCC(F)(F)F)cc1. The Morgan fingerprint density at radius 1 is 0.923 bits per heavy atom. The standard InChI is InChI=1S/C20H16F3NO2/c21-20(22,23)13-26-18-9-7-17(8-10-18)24-19(25)12-14-5-6-15-3-1-2-4-16(15)11-14/h1-11H,12-13H2,(H,24,25). The van der Waals surface area contributed by atoms with Crippen molar-refractivity contribution in [3.63, 3.8) is 0 Å². The van der Waals surface area contributed by atoms with Gasteiger partial charge in [-0.15, -0.1) is 0 Å². The molecule has 0 radical (unpaired) electrons. The Morgan fingerprint density at radius 2 is 1.62 bits per heavy atom. The van der Waals surface area contributed by atoms with Crippen molar-refractivity contribution in [2.24, 2.45) is 0 Å². The molecule has 3 aromatic rings. The molecule has 3 aromatic carbocycles. The van der Waals surface area contributed by atoms with Crippen LogP contribution in [0.25, 0.3) is 10.8 Å². The van der Waals surface area contributed by atoms with Gasteiger partial charge in [-0.1, -0.05) is 42.5 Å². The van der Waals surface area contributed by atoms with Crippen LogP contribution < -0.4 is 10.1 Å². The number of rotatable bonds is 5. The van der Waals surface area contributed by atoms with Crippen LogP contribution in [-0.4, -0.2) is 18.7 Å². The monoisotopic (exact) mass is 359 g/mol. The first-order chi connectivity index (χ1) is 12.4. The second-order valence-electron chi connectivity index (χ2n) is 5.83. The van der Waals surface area contributed by atoms with Crippen LogP contribution in [0.15, 0.2) is 66.7 Å². The topological polar surface area (TPSA) is 38.3 Å². The lowest BCUT2D eigenvalue weighted by atomic mass is 10.0. The van der Waals surface area contributed by atoms with Gasteiger partial charge in [0.15, 0.2) is 6.61 Å². The molecule has 0 aromatic heterocycles. The molecule has 0 saturated heterocycles. The number of halogens is 3. The molecule has 0 aliphatic rings. The van der Waals surface area contributed by atoms with E-state index in [9.17, 15) is 18.0 Å². The van der Waals surface area contributed by atoms with E-state index in [0.29, 0.717) is 5.69 Å². The largest absolute Gasteiger partial charge is 0.484 e. The van der Waals surface area contributed by atoms with E-state index in [4.69, 9.17) is 0 Å². The Labute approximate surface area is 148 Å². The predicted molar refractivity (Wildman–Crippen MR) is 94.3 cm³/mol. The quantitative estimate of drug-likeness (QED) is 0.699. The second-order valence-corrected chi connectivity index (χ2v) is 5.83. The summed E-state index contributed by atoms with van der Waals surface area (Å²) in [7, 11) is 0. The number of ether oxygens (including phenoxy) is 1. The molecule has 0 bridgehead atoms. The molecule has 0 fully saturated rings. The Morgan fingerprint density at radius 3 is 2.31 bits per heavy atom. The summed E-state index contributed by atoms with van der Waals surface area (Å²) in [6.07, 6.45) is -4.18. The van der Waals surface area contributed by atoms with Crippen molar-refractivity contribution in [2.45, 2.75) is 12.6 Å². The number of carbonyl (C=O) groups is 1. The van der Waals surface area contributed by atoms with Gasteiger partial charge in [0.2, 0.25) is 5.91 Å². The highest BCUT2D eigenvalue weighted by molar-refractivity contribution is 5.93. The van der Waals surface area contributed by atoms with Gasteiger partial charge in [-0.25, -0.2) is 0 Å². The highest BCUT2D eigenvalue weighted by Gasteiger charge is 2.28. The molecular formula is C20H16F3NO2. The first-order valence-corrected chi connectivity index (χ1v) is 7.96. The first-order valence-electron chi connectivity index (χ1n) is 7.96. The number of hydrogen-bond donors (Lipinski definition) is 1. The molecule has 3 rings (SSSR count). The lowest BCUT2D eigenvalue weighted by Crippen LogP contribution is -2.19. The molecule has 0 aliphatic heterocycles. The normalized spacial score (nSPS) is 11.3. The van der Waals surface area contributed by atoms with Crippen LogP contribution in [0.4, 0.5) is 18.9 Å². The Hall–Kier alpha value is -3.02. The highest BCUT2D eigenvalue weighted by Crippen LogP contribution is 2.21. The average molecular weight is 359 g/mol. The number of fused-ring (bicyclic) bond motifs is 1. The number of anilines is 1. The van der Waals surface area contributed by atoms with Crippen molar-refractivity contribution >= 4 is 22.4 Å². The summed E-state index contributed by atoms with van der Waals surface area (Å²) in [5.41, 5.74) is 1.38. The fourth-order valence-corrected chi connectivity index (χ4v) is 2.54. The molecule has 0 unspecified atom stereocenters. The third-order valence-corrected chi connectivity index (χ3v) is 3.72. The van der Waals surface area contributed by atoms with Gasteiger partial charge in [0, 0.05) is 5.69 Å². The zero-order chi connectivity index (χ0) is 18.6. The van der Waals surface area contributed by atoms with E-state index in [1.54, 1.807) is 0 Å². The van der Waals surface area contributed by atoms with Gasteiger partial charge < -0.3 is 10.1 Å². The third kappa shape index (κ3) is 4.99. The lowest BCUT2D eigenvalue weighted by Gasteiger charge is -2.10. The summed E-state index contributed by atoms with van der Waals surface area (Å²) in [5, 5.41) is 4.88. The number of benzene rings is 3. The molecule has 0 spiro atoms. The molecule has 26 heavy (non-hydrogen) atoms. The van der Waals surface area contributed by atoms with Gasteiger partial charge in [0.25, 0.3) is 0 Å². The van der Waals surface area contributed by atoms with E-state index in [2.05, 4.69) is 10.1 Å². The van der Waals surface area contributed by atoms with Crippen molar-refractivity contribution in [1.29, 1.82) is 0 Å². The average Bonchev–Trinajstić information content (AvgIpc) is 2.60. The lowest BCUT2D eigenvalue weighted by molar-refractivity contribution is -0.153. The van der Waals surface area contributed by atoms with E-state index >= 15 is 0 Å². The van der Waals surface area contributed by atoms with Crippen molar-refractivity contribution < 1.29 is 22.7 Å². The van der Waals surface area contributed by atoms with Crippen LogP contribution in [0.5, 0.6) is 5.75 Å². The minimum Gasteiger partial charge on any atom is -0.484 e. The Bertz CT molecular complexity index is 905. The zero-order valence-electron chi connectivity index (χ0n) is 13.7. The van der Waals surface area contributed by atoms with E-state index in [0.717, 1.165) is 16.3 Å². The first kappa shape index (κ1) is 17.8. The summed E-state index contributed by atoms with van der Waals surface area (Å²) >= 11 is 0. The van der Waals surface area contributed by atoms with Crippen molar-refractivity contribution in [2.75, 3.05) is 11.9 Å². The second kappa shape index (κ2) is 7.47. The minimum absolute atomic E-state index is 0.0925. The van der Waals surface area contributed by atoms with Crippen LogP contribution in [0, 0.1) is 0 Å². The van der Waals surface area contributed by atoms with Gasteiger partial charge in [-0.3, -0.25) is 4.79 Å². The van der Waals surface area contributed by atoms with Crippen molar-refractivity contribution in [1.82, 2.24) is 0 Å². The highest BCUT2D eigenvalue weighted by atomic mass is 19.4. The van der Waals surface area contributed by atoms with E-state index in [1.807, 2.05) is 42.5 Å². The molecule has 0 heterocycles. The molecule has 0 saturated carbocycles. The van der Waals surface area contributed by atoms with Crippen LogP contribution in [0.3, 0.4) is 0 Å². The smallest absolute Gasteiger partial charge is 0.422 e. The molecule has 0 aliphatic carbocycles.